The first-order valence-corrected chi connectivity index (χ1v) is 6.29. The Bertz CT molecular complexity index is 581. The molecule has 100 valence electrons. The highest BCUT2D eigenvalue weighted by Gasteiger charge is 2.08. The van der Waals surface area contributed by atoms with Crippen LogP contribution in [0.1, 0.15) is 16.7 Å². The molecule has 2 nitrogen and oxygen atoms in total. The third-order valence-electron chi connectivity index (χ3n) is 3.16. The molecular weight excluding hydrogens is 241 g/mol. The van der Waals surface area contributed by atoms with Crippen molar-refractivity contribution in [2.45, 2.75) is 20.4 Å². The fraction of sp³-hybridized carbons (Fsp3) is 0.250. The van der Waals surface area contributed by atoms with Crippen LogP contribution in [-0.4, -0.2) is 7.05 Å². The average molecular weight is 259 g/mol. The minimum absolute atomic E-state index is 0.251. The molecular formula is C16H18FNO. The van der Waals surface area contributed by atoms with Gasteiger partial charge in [-0.05, 0) is 56.3 Å². The Kier molecular flexibility index (Phi) is 4.17. The Morgan fingerprint density at radius 3 is 2.63 bits per heavy atom. The van der Waals surface area contributed by atoms with E-state index in [0.717, 1.165) is 16.9 Å². The lowest BCUT2D eigenvalue weighted by atomic mass is 10.1. The summed E-state index contributed by atoms with van der Waals surface area (Å²) in [7, 11) is 1.83. The number of nitrogens with one attached hydrogen (secondary N) is 1. The normalized spacial score (nSPS) is 10.5. The van der Waals surface area contributed by atoms with Gasteiger partial charge < -0.3 is 10.1 Å². The molecule has 0 saturated heterocycles. The van der Waals surface area contributed by atoms with Crippen LogP contribution in [0, 0.1) is 19.7 Å². The monoisotopic (exact) mass is 259 g/mol. The summed E-state index contributed by atoms with van der Waals surface area (Å²) in [5.74, 6) is 1.24. The number of ether oxygens (including phenoxy) is 1. The molecule has 0 aromatic heterocycles. The van der Waals surface area contributed by atoms with Crippen LogP contribution < -0.4 is 10.1 Å². The Balaban J connectivity index is 2.35. The Labute approximate surface area is 113 Å². The number of hydrogen-bond acceptors (Lipinski definition) is 2. The van der Waals surface area contributed by atoms with E-state index in [0.29, 0.717) is 12.3 Å². The van der Waals surface area contributed by atoms with Crippen molar-refractivity contribution < 1.29 is 9.13 Å². The van der Waals surface area contributed by atoms with Gasteiger partial charge in [0.25, 0.3) is 0 Å². The molecule has 0 radical (unpaired) electrons. The fourth-order valence-corrected chi connectivity index (χ4v) is 1.93. The van der Waals surface area contributed by atoms with Gasteiger partial charge in [0.15, 0.2) is 0 Å². The van der Waals surface area contributed by atoms with Gasteiger partial charge in [-0.25, -0.2) is 4.39 Å². The summed E-state index contributed by atoms with van der Waals surface area (Å²) < 4.78 is 19.2. The Morgan fingerprint density at radius 2 is 1.89 bits per heavy atom. The number of halogens is 1. The van der Waals surface area contributed by atoms with Crippen molar-refractivity contribution in [3.8, 4) is 11.5 Å². The maximum Gasteiger partial charge on any atom is 0.132 e. The maximum atomic E-state index is 13.3. The van der Waals surface area contributed by atoms with Crippen LogP contribution in [0.15, 0.2) is 36.4 Å². The van der Waals surface area contributed by atoms with E-state index < -0.39 is 0 Å². The molecule has 0 spiro atoms. The van der Waals surface area contributed by atoms with Crippen molar-refractivity contribution in [3.63, 3.8) is 0 Å². The molecule has 2 rings (SSSR count). The van der Waals surface area contributed by atoms with E-state index in [2.05, 4.69) is 5.32 Å². The lowest BCUT2D eigenvalue weighted by Gasteiger charge is -2.14. The largest absolute Gasteiger partial charge is 0.457 e. The van der Waals surface area contributed by atoms with Crippen molar-refractivity contribution in [1.29, 1.82) is 0 Å². The highest BCUT2D eigenvalue weighted by Crippen LogP contribution is 2.29. The summed E-state index contributed by atoms with van der Waals surface area (Å²) in [6.07, 6.45) is 0. The van der Waals surface area contributed by atoms with Gasteiger partial charge in [-0.3, -0.25) is 0 Å². The molecule has 0 heterocycles. The number of benzene rings is 2. The zero-order valence-corrected chi connectivity index (χ0v) is 11.5. The van der Waals surface area contributed by atoms with E-state index in [1.165, 1.54) is 17.7 Å². The van der Waals surface area contributed by atoms with E-state index in [9.17, 15) is 4.39 Å². The van der Waals surface area contributed by atoms with Crippen molar-refractivity contribution >= 4 is 0 Å². The summed E-state index contributed by atoms with van der Waals surface area (Å²) in [6, 6.07) is 10.5. The van der Waals surface area contributed by atoms with Crippen molar-refractivity contribution in [1.82, 2.24) is 5.32 Å². The average Bonchev–Trinajstić information content (AvgIpc) is 2.38. The van der Waals surface area contributed by atoms with Crippen LogP contribution in [0.5, 0.6) is 11.5 Å². The van der Waals surface area contributed by atoms with Gasteiger partial charge in [-0.1, -0.05) is 12.1 Å². The van der Waals surface area contributed by atoms with E-state index in [1.54, 1.807) is 6.07 Å². The standard InChI is InChI=1S/C16H18FNO/c1-11-5-4-6-15(12(11)2)19-16-8-7-14(17)9-13(16)10-18-3/h4-9,18H,10H2,1-3H3. The third kappa shape index (κ3) is 3.12. The molecule has 2 aromatic carbocycles. The quantitative estimate of drug-likeness (QED) is 0.897. The first kappa shape index (κ1) is 13.6. The molecule has 0 saturated carbocycles. The predicted octanol–water partition coefficient (Wildman–Crippen LogP) is 3.95. The first-order chi connectivity index (χ1) is 9.11. The predicted molar refractivity (Wildman–Crippen MR) is 75.2 cm³/mol. The Hall–Kier alpha value is -1.87. The summed E-state index contributed by atoms with van der Waals surface area (Å²) in [5.41, 5.74) is 3.08. The van der Waals surface area contributed by atoms with Crippen molar-refractivity contribution in [3.05, 3.63) is 58.9 Å². The minimum Gasteiger partial charge on any atom is -0.457 e. The fourth-order valence-electron chi connectivity index (χ4n) is 1.93. The van der Waals surface area contributed by atoms with E-state index in [1.807, 2.05) is 39.1 Å². The molecule has 2 aromatic rings. The number of rotatable bonds is 4. The molecule has 0 atom stereocenters. The second-order valence-corrected chi connectivity index (χ2v) is 4.58. The zero-order chi connectivity index (χ0) is 13.8. The van der Waals surface area contributed by atoms with Gasteiger partial charge in [0, 0.05) is 12.1 Å². The van der Waals surface area contributed by atoms with Gasteiger partial charge in [-0.15, -0.1) is 0 Å². The van der Waals surface area contributed by atoms with E-state index in [-0.39, 0.29) is 5.82 Å². The molecule has 0 bridgehead atoms. The zero-order valence-electron chi connectivity index (χ0n) is 11.5. The van der Waals surface area contributed by atoms with Crippen LogP contribution in [-0.2, 0) is 6.54 Å². The number of hydrogen-bond donors (Lipinski definition) is 1. The van der Waals surface area contributed by atoms with E-state index in [4.69, 9.17) is 4.74 Å². The van der Waals surface area contributed by atoms with Gasteiger partial charge in [0.1, 0.15) is 17.3 Å². The third-order valence-corrected chi connectivity index (χ3v) is 3.16. The summed E-state index contributed by atoms with van der Waals surface area (Å²) in [4.78, 5) is 0. The molecule has 0 aliphatic rings. The molecule has 1 N–H and O–H groups in total. The van der Waals surface area contributed by atoms with Gasteiger partial charge >= 0.3 is 0 Å². The molecule has 0 aliphatic heterocycles. The van der Waals surface area contributed by atoms with Crippen LogP contribution in [0.25, 0.3) is 0 Å². The topological polar surface area (TPSA) is 21.3 Å². The van der Waals surface area contributed by atoms with Gasteiger partial charge in [0.2, 0.25) is 0 Å². The molecule has 0 amide bonds. The first-order valence-electron chi connectivity index (χ1n) is 6.29. The van der Waals surface area contributed by atoms with Crippen molar-refractivity contribution in [2.24, 2.45) is 0 Å². The maximum absolute atomic E-state index is 13.3. The second-order valence-electron chi connectivity index (χ2n) is 4.58. The van der Waals surface area contributed by atoms with Crippen LogP contribution in [0.4, 0.5) is 4.39 Å². The summed E-state index contributed by atoms with van der Waals surface area (Å²) in [5, 5.41) is 3.02. The van der Waals surface area contributed by atoms with Crippen LogP contribution in [0.3, 0.4) is 0 Å². The SMILES string of the molecule is CNCc1cc(F)ccc1Oc1cccc(C)c1C. The summed E-state index contributed by atoms with van der Waals surface area (Å²) >= 11 is 0. The van der Waals surface area contributed by atoms with E-state index >= 15 is 0 Å². The summed E-state index contributed by atoms with van der Waals surface area (Å²) in [6.45, 7) is 4.63. The molecule has 3 heteroatoms. The highest BCUT2D eigenvalue weighted by atomic mass is 19.1. The molecule has 0 fully saturated rings. The minimum atomic E-state index is -0.251. The molecule has 0 aliphatic carbocycles. The molecule has 0 unspecified atom stereocenters. The highest BCUT2D eigenvalue weighted by molar-refractivity contribution is 5.43. The van der Waals surface area contributed by atoms with Gasteiger partial charge in [0.05, 0.1) is 0 Å². The Morgan fingerprint density at radius 1 is 1.11 bits per heavy atom. The smallest absolute Gasteiger partial charge is 0.132 e. The second kappa shape index (κ2) is 5.85. The number of aryl methyl sites for hydroxylation is 1. The lowest BCUT2D eigenvalue weighted by molar-refractivity contribution is 0.467. The van der Waals surface area contributed by atoms with Gasteiger partial charge in [-0.2, -0.15) is 0 Å². The lowest BCUT2D eigenvalue weighted by Crippen LogP contribution is -2.07. The van der Waals surface area contributed by atoms with Crippen LogP contribution >= 0.6 is 0 Å². The van der Waals surface area contributed by atoms with Crippen LogP contribution in [0.2, 0.25) is 0 Å². The molecule has 19 heavy (non-hydrogen) atoms. The van der Waals surface area contributed by atoms with Crippen molar-refractivity contribution in [2.75, 3.05) is 7.05 Å².